The van der Waals surface area contributed by atoms with Gasteiger partial charge >= 0.3 is 6.18 Å². The van der Waals surface area contributed by atoms with Crippen LogP contribution in [0, 0.1) is 6.92 Å². The summed E-state index contributed by atoms with van der Waals surface area (Å²) in [5.41, 5.74) is 1.94. The molecule has 1 amide bonds. The molecular weight excluding hydrogens is 369 g/mol. The Morgan fingerprint density at radius 2 is 1.71 bits per heavy atom. The number of anilines is 1. The zero-order valence-electron chi connectivity index (χ0n) is 15.7. The molecule has 5 nitrogen and oxygen atoms in total. The Hall–Kier alpha value is -2.45. The van der Waals surface area contributed by atoms with Crippen LogP contribution in [-0.4, -0.2) is 53.4 Å². The zero-order valence-corrected chi connectivity index (χ0v) is 15.7. The number of aromatic nitrogens is 1. The number of halogens is 3. The van der Waals surface area contributed by atoms with Crippen LogP contribution in [0.2, 0.25) is 0 Å². The Morgan fingerprint density at radius 3 is 2.32 bits per heavy atom. The summed E-state index contributed by atoms with van der Waals surface area (Å²) in [6.07, 6.45) is -0.676. The van der Waals surface area contributed by atoms with Gasteiger partial charge in [0.1, 0.15) is 0 Å². The van der Waals surface area contributed by atoms with Gasteiger partial charge in [0.25, 0.3) is 0 Å². The quantitative estimate of drug-likeness (QED) is 0.849. The maximum atomic E-state index is 12.6. The molecule has 28 heavy (non-hydrogen) atoms. The van der Waals surface area contributed by atoms with Crippen molar-refractivity contribution in [2.24, 2.45) is 0 Å². The maximum absolute atomic E-state index is 12.6. The highest BCUT2D eigenvalue weighted by molar-refractivity contribution is 5.92. The molecule has 1 N–H and O–H groups in total. The fourth-order valence-corrected chi connectivity index (χ4v) is 3.21. The van der Waals surface area contributed by atoms with Crippen LogP contribution >= 0.6 is 0 Å². The van der Waals surface area contributed by atoms with E-state index in [2.05, 4.69) is 21.3 Å². The second-order valence-electron chi connectivity index (χ2n) is 7.05. The smallest absolute Gasteiger partial charge is 0.325 e. The van der Waals surface area contributed by atoms with Crippen molar-refractivity contribution in [3.8, 4) is 0 Å². The molecule has 0 bridgehead atoms. The normalized spacial score (nSPS) is 16.1. The Kier molecular flexibility index (Phi) is 6.31. The molecule has 1 fully saturated rings. The summed E-state index contributed by atoms with van der Waals surface area (Å²) in [5.74, 6) is -0.226. The van der Waals surface area contributed by atoms with Gasteiger partial charge in [-0.05, 0) is 42.3 Å². The van der Waals surface area contributed by atoms with E-state index < -0.39 is 11.7 Å². The predicted molar refractivity (Wildman–Crippen MR) is 101 cm³/mol. The molecular formula is C20H23F3N4O. The van der Waals surface area contributed by atoms with Gasteiger partial charge in [0.15, 0.2) is 0 Å². The zero-order chi connectivity index (χ0) is 20.1. The van der Waals surface area contributed by atoms with Gasteiger partial charge in [-0.25, -0.2) is 0 Å². The molecule has 2 heterocycles. The Morgan fingerprint density at radius 1 is 1.07 bits per heavy atom. The lowest BCUT2D eigenvalue weighted by molar-refractivity contribution is -0.137. The molecule has 8 heteroatoms. The molecule has 0 saturated carbocycles. The number of carbonyl (C=O) groups excluding carboxylic acids is 1. The number of nitrogens with zero attached hydrogens (tertiary/aromatic N) is 3. The minimum Gasteiger partial charge on any atom is -0.325 e. The molecule has 3 rings (SSSR count). The number of pyridine rings is 1. The van der Waals surface area contributed by atoms with Crippen LogP contribution in [0.15, 0.2) is 42.7 Å². The fourth-order valence-electron chi connectivity index (χ4n) is 3.21. The highest BCUT2D eigenvalue weighted by Gasteiger charge is 2.30. The van der Waals surface area contributed by atoms with Gasteiger partial charge in [-0.3, -0.25) is 19.6 Å². The number of carbonyl (C=O) groups is 1. The molecule has 1 aromatic heterocycles. The van der Waals surface area contributed by atoms with Crippen LogP contribution < -0.4 is 5.32 Å². The minimum absolute atomic E-state index is 0.223. The van der Waals surface area contributed by atoms with Gasteiger partial charge in [-0.2, -0.15) is 13.2 Å². The standard InChI is InChI=1S/C20H23F3N4O/c1-15-10-16(12-24-11-15)13-26-6-8-27(9-7-26)14-19(28)25-18-4-2-17(3-5-18)20(21,22)23/h2-5,10-12H,6-9,13-14H2,1H3,(H,25,28). The maximum Gasteiger partial charge on any atom is 0.416 e. The molecule has 0 atom stereocenters. The Labute approximate surface area is 162 Å². The molecule has 1 aliphatic rings. The van der Waals surface area contributed by atoms with Crippen LogP contribution in [0.1, 0.15) is 16.7 Å². The highest BCUT2D eigenvalue weighted by atomic mass is 19.4. The first-order valence-electron chi connectivity index (χ1n) is 9.12. The van der Waals surface area contributed by atoms with E-state index in [1.807, 2.05) is 24.2 Å². The number of nitrogens with one attached hydrogen (secondary N) is 1. The summed E-state index contributed by atoms with van der Waals surface area (Å²) in [5, 5.41) is 2.66. The highest BCUT2D eigenvalue weighted by Crippen LogP contribution is 2.29. The average Bonchev–Trinajstić information content (AvgIpc) is 2.63. The first-order valence-corrected chi connectivity index (χ1v) is 9.12. The lowest BCUT2D eigenvalue weighted by Gasteiger charge is -2.34. The van der Waals surface area contributed by atoms with Crippen LogP contribution in [0.5, 0.6) is 0 Å². The van der Waals surface area contributed by atoms with E-state index in [9.17, 15) is 18.0 Å². The molecule has 1 aliphatic heterocycles. The second-order valence-corrected chi connectivity index (χ2v) is 7.05. The molecule has 1 saturated heterocycles. The lowest BCUT2D eigenvalue weighted by Crippen LogP contribution is -2.48. The Balaban J connectivity index is 1.43. The van der Waals surface area contributed by atoms with E-state index >= 15 is 0 Å². The van der Waals surface area contributed by atoms with Crippen LogP contribution in [0.4, 0.5) is 18.9 Å². The van der Waals surface area contributed by atoms with Gasteiger partial charge in [-0.1, -0.05) is 6.07 Å². The predicted octanol–water partition coefficient (Wildman–Crippen LogP) is 3.17. The summed E-state index contributed by atoms with van der Waals surface area (Å²) < 4.78 is 37.7. The summed E-state index contributed by atoms with van der Waals surface area (Å²) in [6.45, 7) is 6.30. The number of amides is 1. The third-order valence-corrected chi connectivity index (χ3v) is 4.67. The Bertz CT molecular complexity index is 800. The van der Waals surface area contributed by atoms with Crippen LogP contribution in [-0.2, 0) is 17.5 Å². The molecule has 0 unspecified atom stereocenters. The van der Waals surface area contributed by atoms with Gasteiger partial charge in [0.05, 0.1) is 12.1 Å². The number of piperazine rings is 1. The molecule has 2 aromatic rings. The van der Waals surface area contributed by atoms with Gasteiger partial charge in [0.2, 0.25) is 5.91 Å². The number of rotatable bonds is 5. The van der Waals surface area contributed by atoms with Crippen molar-refractivity contribution in [1.29, 1.82) is 0 Å². The summed E-state index contributed by atoms with van der Waals surface area (Å²) in [7, 11) is 0. The third kappa shape index (κ3) is 5.77. The number of alkyl halides is 3. The fraction of sp³-hybridized carbons (Fsp3) is 0.400. The number of benzene rings is 1. The van der Waals surface area contributed by atoms with Crippen molar-refractivity contribution in [2.75, 3.05) is 38.0 Å². The van der Waals surface area contributed by atoms with Crippen molar-refractivity contribution in [3.63, 3.8) is 0 Å². The van der Waals surface area contributed by atoms with Crippen molar-refractivity contribution in [2.45, 2.75) is 19.6 Å². The molecule has 150 valence electrons. The topological polar surface area (TPSA) is 48.5 Å². The second kappa shape index (κ2) is 8.70. The summed E-state index contributed by atoms with van der Waals surface area (Å²) >= 11 is 0. The molecule has 0 aliphatic carbocycles. The lowest BCUT2D eigenvalue weighted by atomic mass is 10.2. The summed E-state index contributed by atoms with van der Waals surface area (Å²) in [6, 6.07) is 6.60. The number of hydrogen-bond donors (Lipinski definition) is 1. The van der Waals surface area contributed by atoms with Crippen molar-refractivity contribution in [3.05, 3.63) is 59.4 Å². The monoisotopic (exact) mass is 392 g/mol. The molecule has 1 aromatic carbocycles. The van der Waals surface area contributed by atoms with Crippen molar-refractivity contribution >= 4 is 11.6 Å². The summed E-state index contributed by atoms with van der Waals surface area (Å²) in [4.78, 5) is 20.8. The third-order valence-electron chi connectivity index (χ3n) is 4.67. The van der Waals surface area contributed by atoms with E-state index in [4.69, 9.17) is 0 Å². The first kappa shape index (κ1) is 20.3. The SMILES string of the molecule is Cc1cncc(CN2CCN(CC(=O)Nc3ccc(C(F)(F)F)cc3)CC2)c1. The van der Waals surface area contributed by atoms with Gasteiger partial charge in [-0.15, -0.1) is 0 Å². The number of aryl methyl sites for hydroxylation is 1. The van der Waals surface area contributed by atoms with E-state index in [1.54, 1.807) is 0 Å². The number of hydrogen-bond acceptors (Lipinski definition) is 4. The largest absolute Gasteiger partial charge is 0.416 e. The minimum atomic E-state index is -4.38. The molecule has 0 spiro atoms. The van der Waals surface area contributed by atoms with Gasteiger partial charge in [0, 0.05) is 50.8 Å². The van der Waals surface area contributed by atoms with E-state index in [-0.39, 0.29) is 12.5 Å². The van der Waals surface area contributed by atoms with Crippen molar-refractivity contribution in [1.82, 2.24) is 14.8 Å². The van der Waals surface area contributed by atoms with Crippen LogP contribution in [0.25, 0.3) is 0 Å². The average molecular weight is 392 g/mol. The van der Waals surface area contributed by atoms with E-state index in [1.165, 1.54) is 17.7 Å². The van der Waals surface area contributed by atoms with Gasteiger partial charge < -0.3 is 5.32 Å². The van der Waals surface area contributed by atoms with E-state index in [0.717, 1.165) is 50.4 Å². The first-order chi connectivity index (χ1) is 13.3. The van der Waals surface area contributed by atoms with Crippen molar-refractivity contribution < 1.29 is 18.0 Å². The van der Waals surface area contributed by atoms with E-state index in [0.29, 0.717) is 5.69 Å². The van der Waals surface area contributed by atoms with Crippen LogP contribution in [0.3, 0.4) is 0 Å². The molecule has 0 radical (unpaired) electrons.